The quantitative estimate of drug-likeness (QED) is 0.115. The van der Waals surface area contributed by atoms with Crippen LogP contribution < -0.4 is 21.7 Å². The van der Waals surface area contributed by atoms with Gasteiger partial charge in [-0.1, -0.05) is 52.2 Å². The van der Waals surface area contributed by atoms with Gasteiger partial charge in [-0.05, 0) is 49.1 Å². The number of hydrogen-bond donors (Lipinski definition) is 0. The Morgan fingerprint density at radius 3 is 1.76 bits per heavy atom. The first-order chi connectivity index (χ1) is 15.4. The average molecular weight is 538 g/mol. The van der Waals surface area contributed by atoms with E-state index in [9.17, 15) is 14.9 Å². The van der Waals surface area contributed by atoms with E-state index in [1.165, 1.54) is 86.8 Å². The summed E-state index contributed by atoms with van der Waals surface area (Å²) >= 11 is 0. The fourth-order valence-corrected chi connectivity index (χ4v) is 9.08. The number of nitro groups is 1. The van der Waals surface area contributed by atoms with Gasteiger partial charge in [-0.15, -0.1) is 0 Å². The van der Waals surface area contributed by atoms with Crippen molar-refractivity contribution in [3.8, 4) is 5.75 Å². The van der Waals surface area contributed by atoms with Gasteiger partial charge >= 0.3 is 5.97 Å². The summed E-state index contributed by atoms with van der Waals surface area (Å²) in [6, 6.07) is 13.4. The number of ether oxygens (including phenoxy) is 1. The summed E-state index contributed by atoms with van der Waals surface area (Å²) in [5, 5.41) is 10.8. The van der Waals surface area contributed by atoms with Crippen molar-refractivity contribution < 1.29 is 31.4 Å². The van der Waals surface area contributed by atoms with Gasteiger partial charge in [0.25, 0.3) is 5.69 Å². The molecule has 0 heterocycles. The van der Waals surface area contributed by atoms with Crippen LogP contribution in [0.4, 0.5) is 5.69 Å². The second-order valence-corrected chi connectivity index (χ2v) is 12.9. The maximum absolute atomic E-state index is 12.5. The molecule has 0 radical (unpaired) electrons. The molecule has 2 aromatic rings. The number of nitrogens with zero attached hydrogens (tertiary/aromatic N) is 1. The van der Waals surface area contributed by atoms with Crippen molar-refractivity contribution in [3.63, 3.8) is 0 Å². The van der Waals surface area contributed by atoms with E-state index >= 15 is 0 Å². The van der Waals surface area contributed by atoms with Crippen molar-refractivity contribution in [3.05, 3.63) is 69.8 Å². The summed E-state index contributed by atoms with van der Waals surface area (Å²) in [5.74, 6) is -0.150. The number of carbonyl (C=O) groups excluding carboxylic acids is 1. The van der Waals surface area contributed by atoms with Crippen LogP contribution >= 0.6 is 7.26 Å². The molecule has 0 spiro atoms. The van der Waals surface area contributed by atoms with Crippen molar-refractivity contribution >= 4 is 18.9 Å². The molecule has 182 valence electrons. The molecule has 0 aromatic heterocycles. The first kappa shape index (κ1) is 29.3. The number of rotatable bonds is 14. The van der Waals surface area contributed by atoms with Gasteiger partial charge in [-0.3, -0.25) is 10.1 Å². The monoisotopic (exact) mass is 537 g/mol. The first-order valence-corrected chi connectivity index (χ1v) is 14.4. The predicted octanol–water partition coefficient (Wildman–Crippen LogP) is 4.74. The molecule has 0 aliphatic carbocycles. The van der Waals surface area contributed by atoms with Crippen molar-refractivity contribution in [2.24, 2.45) is 0 Å². The Morgan fingerprint density at radius 1 is 0.848 bits per heavy atom. The zero-order chi connectivity index (χ0) is 23.4. The summed E-state index contributed by atoms with van der Waals surface area (Å²) < 4.78 is 5.38. The second kappa shape index (κ2) is 15.2. The molecule has 0 N–H and O–H groups in total. The average Bonchev–Trinajstić information content (AvgIpc) is 2.80. The summed E-state index contributed by atoms with van der Waals surface area (Å²) in [7, 11) is -1.05. The third kappa shape index (κ3) is 9.54. The van der Waals surface area contributed by atoms with Crippen molar-refractivity contribution in [2.45, 2.75) is 65.5 Å². The Kier molecular flexibility index (Phi) is 13.5. The van der Waals surface area contributed by atoms with Crippen LogP contribution in [0.25, 0.3) is 0 Å². The summed E-state index contributed by atoms with van der Waals surface area (Å²) in [5.41, 5.74) is 1.77. The molecule has 7 heteroatoms. The first-order valence-electron chi connectivity index (χ1n) is 11.8. The molecule has 0 saturated carbocycles. The van der Waals surface area contributed by atoms with Crippen LogP contribution in [0.3, 0.4) is 0 Å². The highest BCUT2D eigenvalue weighted by atomic mass is 79.9. The van der Waals surface area contributed by atoms with Gasteiger partial charge in [0.2, 0.25) is 0 Å². The number of hydrogen-bond acceptors (Lipinski definition) is 4. The lowest BCUT2D eigenvalue weighted by Crippen LogP contribution is -3.00. The Morgan fingerprint density at radius 2 is 1.33 bits per heavy atom. The number of esters is 1. The van der Waals surface area contributed by atoms with Gasteiger partial charge in [0.05, 0.1) is 35.1 Å². The van der Waals surface area contributed by atoms with Gasteiger partial charge in [0, 0.05) is 19.4 Å². The van der Waals surface area contributed by atoms with E-state index < -0.39 is 18.2 Å². The zero-order valence-electron chi connectivity index (χ0n) is 20.1. The van der Waals surface area contributed by atoms with Crippen LogP contribution in [0.2, 0.25) is 0 Å². The minimum Gasteiger partial charge on any atom is -1.00 e. The highest BCUT2D eigenvalue weighted by Gasteiger charge is 2.35. The van der Waals surface area contributed by atoms with Gasteiger partial charge in [-0.2, -0.15) is 0 Å². The Bertz CT molecular complexity index is 834. The molecule has 33 heavy (non-hydrogen) atoms. The van der Waals surface area contributed by atoms with Gasteiger partial charge in [-0.25, -0.2) is 4.79 Å². The van der Waals surface area contributed by atoms with Crippen LogP contribution in [0.15, 0.2) is 48.5 Å². The van der Waals surface area contributed by atoms with Gasteiger partial charge in [0.15, 0.2) is 0 Å². The van der Waals surface area contributed by atoms with Crippen LogP contribution in [-0.4, -0.2) is 29.4 Å². The molecule has 0 aliphatic rings. The minimum atomic E-state index is -1.05. The standard InChI is InChI=1S/C26H37NO4P.BrH/c1-4-7-18-32(19-8-5-2,20-9-6-3)21-22-10-12-23(13-11-22)26(28)31-25-16-14-24(15-17-25)27(29)30;/h10-17H,4-9,18-21H2,1-3H3;1H/q+1;/p-1. The van der Waals surface area contributed by atoms with Crippen LogP contribution in [0.1, 0.15) is 75.2 Å². The zero-order valence-corrected chi connectivity index (χ0v) is 22.6. The van der Waals surface area contributed by atoms with E-state index in [2.05, 4.69) is 32.9 Å². The van der Waals surface area contributed by atoms with E-state index in [1.807, 2.05) is 12.1 Å². The lowest BCUT2D eigenvalue weighted by molar-refractivity contribution is -0.384. The molecule has 5 nitrogen and oxygen atoms in total. The van der Waals surface area contributed by atoms with Crippen molar-refractivity contribution in [1.82, 2.24) is 0 Å². The number of carbonyl (C=O) groups is 1. The van der Waals surface area contributed by atoms with Crippen LogP contribution in [0.5, 0.6) is 5.75 Å². The molecule has 2 aromatic carbocycles. The topological polar surface area (TPSA) is 69.4 Å². The number of non-ortho nitro benzene ring substituents is 1. The second-order valence-electron chi connectivity index (χ2n) is 8.57. The SMILES string of the molecule is CCCC[P+](CCCC)(CCCC)Cc1ccc(C(=O)Oc2ccc([N+](=O)[O-])cc2)cc1.[Br-]. The maximum atomic E-state index is 12.5. The Hall–Kier alpha value is -1.78. The van der Waals surface area contributed by atoms with Crippen molar-refractivity contribution in [1.29, 1.82) is 0 Å². The molecule has 2 rings (SSSR count). The molecule has 0 unspecified atom stereocenters. The fraction of sp³-hybridized carbons (Fsp3) is 0.500. The number of unbranched alkanes of at least 4 members (excludes halogenated alkanes) is 3. The van der Waals surface area contributed by atoms with E-state index in [-0.39, 0.29) is 22.7 Å². The van der Waals surface area contributed by atoms with E-state index in [4.69, 9.17) is 4.74 Å². The number of benzene rings is 2. The fourth-order valence-electron chi connectivity index (χ4n) is 3.99. The number of nitro benzene ring substituents is 1. The molecule has 0 bridgehead atoms. The smallest absolute Gasteiger partial charge is 0.343 e. The normalized spacial score (nSPS) is 11.0. The highest BCUT2D eigenvalue weighted by molar-refractivity contribution is 7.75. The van der Waals surface area contributed by atoms with Crippen LogP contribution in [-0.2, 0) is 6.16 Å². The Balaban J connectivity index is 0.00000544. The molecule has 0 saturated heterocycles. The summed E-state index contributed by atoms with van der Waals surface area (Å²) in [6.07, 6.45) is 12.9. The Labute approximate surface area is 209 Å². The predicted molar refractivity (Wildman–Crippen MR) is 134 cm³/mol. The lowest BCUT2D eigenvalue weighted by Gasteiger charge is -2.28. The van der Waals surface area contributed by atoms with E-state index in [0.717, 1.165) is 6.16 Å². The largest absolute Gasteiger partial charge is 1.00 e. The highest BCUT2D eigenvalue weighted by Crippen LogP contribution is 2.63. The molecule has 0 amide bonds. The molecule has 0 aliphatic heterocycles. The minimum absolute atomic E-state index is 0. The molecule has 0 atom stereocenters. The molecular formula is C26H37BrNO4P. The maximum Gasteiger partial charge on any atom is 0.343 e. The number of halogens is 1. The van der Waals surface area contributed by atoms with Crippen molar-refractivity contribution in [2.75, 3.05) is 18.5 Å². The van der Waals surface area contributed by atoms with Gasteiger partial charge in [0.1, 0.15) is 5.75 Å². The molecular weight excluding hydrogens is 501 g/mol. The molecule has 0 fully saturated rings. The third-order valence-electron chi connectivity index (χ3n) is 5.92. The summed E-state index contributed by atoms with van der Waals surface area (Å²) in [4.78, 5) is 22.8. The van der Waals surface area contributed by atoms with E-state index in [1.54, 1.807) is 0 Å². The van der Waals surface area contributed by atoms with Crippen LogP contribution in [0, 0.1) is 10.1 Å². The third-order valence-corrected chi connectivity index (χ3v) is 10.8. The van der Waals surface area contributed by atoms with Gasteiger partial charge < -0.3 is 21.7 Å². The lowest BCUT2D eigenvalue weighted by atomic mass is 10.1. The van der Waals surface area contributed by atoms with E-state index in [0.29, 0.717) is 11.3 Å². The summed E-state index contributed by atoms with van der Waals surface area (Å²) in [6.45, 7) is 6.83.